The van der Waals surface area contributed by atoms with Gasteiger partial charge in [0.25, 0.3) is 0 Å². The first kappa shape index (κ1) is 14.7. The molecule has 0 bridgehead atoms. The predicted octanol–water partition coefficient (Wildman–Crippen LogP) is 5.29. The molecule has 0 saturated heterocycles. The minimum atomic E-state index is -0.254. The highest BCUT2D eigenvalue weighted by Gasteiger charge is 2.11. The van der Waals surface area contributed by atoms with Gasteiger partial charge in [0.2, 0.25) is 0 Å². The summed E-state index contributed by atoms with van der Waals surface area (Å²) in [6.07, 6.45) is 0.406. The van der Waals surface area contributed by atoms with E-state index in [-0.39, 0.29) is 11.6 Å². The summed E-state index contributed by atoms with van der Waals surface area (Å²) >= 11 is 1.45. The zero-order chi connectivity index (χ0) is 15.5. The molecule has 0 amide bonds. The molecule has 110 valence electrons. The molecular weight excluding hydrogens is 295 g/mol. The lowest BCUT2D eigenvalue weighted by Gasteiger charge is -2.00. The van der Waals surface area contributed by atoms with Crippen LogP contribution in [0.2, 0.25) is 0 Å². The molecule has 0 aliphatic rings. The van der Waals surface area contributed by atoms with Crippen molar-refractivity contribution in [2.45, 2.75) is 13.3 Å². The quantitative estimate of drug-likeness (QED) is 0.599. The minimum Gasteiger partial charge on any atom is -0.293 e. The zero-order valence-electron chi connectivity index (χ0n) is 12.2. The van der Waals surface area contributed by atoms with E-state index in [4.69, 9.17) is 0 Å². The minimum absolute atomic E-state index is 0.113. The maximum atomic E-state index is 13.0. The highest BCUT2D eigenvalue weighted by atomic mass is 32.1. The maximum absolute atomic E-state index is 13.0. The van der Waals surface area contributed by atoms with Crippen molar-refractivity contribution in [3.05, 3.63) is 82.5 Å². The molecule has 0 radical (unpaired) electrons. The first-order valence-corrected chi connectivity index (χ1v) is 7.88. The first-order chi connectivity index (χ1) is 10.6. The Morgan fingerprint density at radius 3 is 2.32 bits per heavy atom. The van der Waals surface area contributed by atoms with E-state index in [1.54, 1.807) is 12.1 Å². The fourth-order valence-corrected chi connectivity index (χ4v) is 3.18. The Kier molecular flexibility index (Phi) is 4.16. The summed E-state index contributed by atoms with van der Waals surface area (Å²) in [4.78, 5) is 14.1. The third-order valence-corrected chi connectivity index (χ3v) is 4.67. The van der Waals surface area contributed by atoms with E-state index in [0.29, 0.717) is 6.42 Å². The molecular formula is C19H15FOS. The SMILES string of the molecule is Cc1ccc(CC(=O)c2ccc(-c3ccc(F)cc3)s2)cc1. The fraction of sp³-hybridized carbons (Fsp3) is 0.105. The summed E-state index contributed by atoms with van der Waals surface area (Å²) in [5, 5.41) is 0. The lowest BCUT2D eigenvalue weighted by Crippen LogP contribution is -2.00. The number of Topliss-reactive ketones (excluding diaryl/α,β-unsaturated/α-hetero) is 1. The zero-order valence-corrected chi connectivity index (χ0v) is 13.0. The van der Waals surface area contributed by atoms with Crippen LogP contribution < -0.4 is 0 Å². The van der Waals surface area contributed by atoms with Crippen LogP contribution in [0.1, 0.15) is 20.8 Å². The molecule has 0 N–H and O–H groups in total. The molecule has 1 aromatic heterocycles. The van der Waals surface area contributed by atoms with Crippen LogP contribution in [0.15, 0.2) is 60.7 Å². The highest BCUT2D eigenvalue weighted by molar-refractivity contribution is 7.17. The second kappa shape index (κ2) is 6.24. The van der Waals surface area contributed by atoms with E-state index in [0.717, 1.165) is 20.9 Å². The maximum Gasteiger partial charge on any atom is 0.177 e. The van der Waals surface area contributed by atoms with Gasteiger partial charge >= 0.3 is 0 Å². The largest absolute Gasteiger partial charge is 0.293 e. The average molecular weight is 310 g/mol. The number of ketones is 1. The van der Waals surface area contributed by atoms with E-state index < -0.39 is 0 Å². The number of hydrogen-bond donors (Lipinski definition) is 0. The van der Waals surface area contributed by atoms with Crippen molar-refractivity contribution in [1.29, 1.82) is 0 Å². The topological polar surface area (TPSA) is 17.1 Å². The van der Waals surface area contributed by atoms with E-state index in [1.807, 2.05) is 43.3 Å². The van der Waals surface area contributed by atoms with Crippen LogP contribution >= 0.6 is 11.3 Å². The summed E-state index contributed by atoms with van der Waals surface area (Å²) in [6, 6.07) is 18.1. The molecule has 0 aliphatic heterocycles. The van der Waals surface area contributed by atoms with Crippen molar-refractivity contribution in [2.24, 2.45) is 0 Å². The summed E-state index contributed by atoms with van der Waals surface area (Å²) in [5.41, 5.74) is 3.14. The number of thiophene rings is 1. The van der Waals surface area contributed by atoms with Crippen molar-refractivity contribution < 1.29 is 9.18 Å². The van der Waals surface area contributed by atoms with Crippen molar-refractivity contribution in [3.63, 3.8) is 0 Å². The molecule has 0 fully saturated rings. The standard InChI is InChI=1S/C19H15FOS/c1-13-2-4-14(5-3-13)12-17(21)19-11-10-18(22-19)15-6-8-16(20)9-7-15/h2-11H,12H2,1H3. The van der Waals surface area contributed by atoms with Crippen molar-refractivity contribution in [1.82, 2.24) is 0 Å². The van der Waals surface area contributed by atoms with Crippen LogP contribution in [-0.2, 0) is 6.42 Å². The number of carbonyl (C=O) groups excluding carboxylic acids is 1. The van der Waals surface area contributed by atoms with Crippen LogP contribution in [0.5, 0.6) is 0 Å². The van der Waals surface area contributed by atoms with Gasteiger partial charge in [0.1, 0.15) is 5.82 Å². The van der Waals surface area contributed by atoms with E-state index in [1.165, 1.54) is 29.0 Å². The van der Waals surface area contributed by atoms with Crippen LogP contribution in [0.25, 0.3) is 10.4 Å². The van der Waals surface area contributed by atoms with Crippen molar-refractivity contribution in [3.8, 4) is 10.4 Å². The Labute approximate surface area is 133 Å². The van der Waals surface area contributed by atoms with Crippen LogP contribution in [0.4, 0.5) is 4.39 Å². The number of carbonyl (C=O) groups is 1. The number of aryl methyl sites for hydroxylation is 1. The molecule has 0 saturated carbocycles. The van der Waals surface area contributed by atoms with Crippen molar-refractivity contribution in [2.75, 3.05) is 0 Å². The highest BCUT2D eigenvalue weighted by Crippen LogP contribution is 2.29. The van der Waals surface area contributed by atoms with Gasteiger partial charge < -0.3 is 0 Å². The monoisotopic (exact) mass is 310 g/mol. The summed E-state index contributed by atoms with van der Waals surface area (Å²) in [7, 11) is 0. The van der Waals surface area contributed by atoms with E-state index >= 15 is 0 Å². The molecule has 0 unspecified atom stereocenters. The molecule has 3 aromatic rings. The molecule has 3 rings (SSSR count). The van der Waals surface area contributed by atoms with Crippen molar-refractivity contribution >= 4 is 17.1 Å². The van der Waals surface area contributed by atoms with Gasteiger partial charge in [0, 0.05) is 11.3 Å². The van der Waals surface area contributed by atoms with Crippen LogP contribution in [-0.4, -0.2) is 5.78 Å². The first-order valence-electron chi connectivity index (χ1n) is 7.06. The van der Waals surface area contributed by atoms with Crippen LogP contribution in [0.3, 0.4) is 0 Å². The number of rotatable bonds is 4. The molecule has 1 heterocycles. The normalized spacial score (nSPS) is 10.6. The fourth-order valence-electron chi connectivity index (χ4n) is 2.24. The van der Waals surface area contributed by atoms with Gasteiger partial charge in [-0.15, -0.1) is 11.3 Å². The molecule has 22 heavy (non-hydrogen) atoms. The Balaban J connectivity index is 1.76. The van der Waals surface area contributed by atoms with Gasteiger partial charge in [-0.2, -0.15) is 0 Å². The van der Waals surface area contributed by atoms with Gasteiger partial charge in [0.05, 0.1) is 4.88 Å². The molecule has 2 aromatic carbocycles. The summed E-state index contributed by atoms with van der Waals surface area (Å²) < 4.78 is 13.0. The molecule has 3 heteroatoms. The van der Waals surface area contributed by atoms with Gasteiger partial charge in [-0.3, -0.25) is 4.79 Å². The predicted molar refractivity (Wildman–Crippen MR) is 88.9 cm³/mol. The molecule has 0 atom stereocenters. The lowest BCUT2D eigenvalue weighted by molar-refractivity contribution is 0.0997. The smallest absolute Gasteiger partial charge is 0.177 e. The summed E-state index contributed by atoms with van der Waals surface area (Å²) in [5.74, 6) is -0.141. The Morgan fingerprint density at radius 1 is 0.955 bits per heavy atom. The third-order valence-electron chi connectivity index (χ3n) is 3.49. The Bertz CT molecular complexity index is 785. The van der Waals surface area contributed by atoms with Crippen LogP contribution in [0, 0.1) is 12.7 Å². The van der Waals surface area contributed by atoms with Gasteiger partial charge in [0.15, 0.2) is 5.78 Å². The second-order valence-electron chi connectivity index (χ2n) is 5.26. The Morgan fingerprint density at radius 2 is 1.64 bits per heavy atom. The lowest BCUT2D eigenvalue weighted by atomic mass is 10.1. The average Bonchev–Trinajstić information content (AvgIpc) is 3.00. The van der Waals surface area contributed by atoms with Gasteiger partial charge in [-0.1, -0.05) is 42.0 Å². The summed E-state index contributed by atoms with van der Waals surface area (Å²) in [6.45, 7) is 2.03. The number of halogens is 1. The Hall–Kier alpha value is -2.26. The van der Waals surface area contributed by atoms with Gasteiger partial charge in [-0.25, -0.2) is 4.39 Å². The molecule has 1 nitrogen and oxygen atoms in total. The van der Waals surface area contributed by atoms with E-state index in [9.17, 15) is 9.18 Å². The van der Waals surface area contributed by atoms with Gasteiger partial charge in [-0.05, 0) is 42.3 Å². The number of hydrogen-bond acceptors (Lipinski definition) is 2. The third kappa shape index (κ3) is 3.31. The molecule has 0 spiro atoms. The second-order valence-corrected chi connectivity index (χ2v) is 6.34. The van der Waals surface area contributed by atoms with E-state index in [2.05, 4.69) is 0 Å². The molecule has 0 aliphatic carbocycles. The number of benzene rings is 2.